The third-order valence-electron chi connectivity index (χ3n) is 3.42. The molecule has 0 aliphatic carbocycles. The summed E-state index contributed by atoms with van der Waals surface area (Å²) in [5.74, 6) is 1.83. The lowest BCUT2D eigenvalue weighted by molar-refractivity contribution is -0.120. The van der Waals surface area contributed by atoms with Gasteiger partial charge in [-0.25, -0.2) is 19.9 Å². The first-order chi connectivity index (χ1) is 10.6. The third-order valence-corrected chi connectivity index (χ3v) is 3.42. The van der Waals surface area contributed by atoms with E-state index in [9.17, 15) is 4.79 Å². The van der Waals surface area contributed by atoms with Crippen molar-refractivity contribution in [2.24, 2.45) is 5.73 Å². The molecule has 0 bridgehead atoms. The summed E-state index contributed by atoms with van der Waals surface area (Å²) in [7, 11) is 0. The zero-order valence-electron chi connectivity index (χ0n) is 12.2. The van der Waals surface area contributed by atoms with Gasteiger partial charge in [-0.1, -0.05) is 0 Å². The predicted octanol–water partition coefficient (Wildman–Crippen LogP) is 0.203. The molecule has 0 unspecified atom stereocenters. The number of primary amides is 1. The first kappa shape index (κ1) is 14.3. The lowest BCUT2D eigenvalue weighted by Crippen LogP contribution is -2.48. The van der Waals surface area contributed by atoms with Crippen molar-refractivity contribution in [3.8, 4) is 0 Å². The lowest BCUT2D eigenvalue weighted by atomic mass is 9.96. The molecule has 1 fully saturated rings. The fourth-order valence-electron chi connectivity index (χ4n) is 2.45. The lowest BCUT2D eigenvalue weighted by Gasteiger charge is -2.38. The van der Waals surface area contributed by atoms with Crippen molar-refractivity contribution in [3.63, 3.8) is 0 Å². The van der Waals surface area contributed by atoms with Gasteiger partial charge in [0.1, 0.15) is 11.6 Å². The largest absolute Gasteiger partial charge is 0.369 e. The molecule has 0 atom stereocenters. The van der Waals surface area contributed by atoms with Crippen LogP contribution in [0.5, 0.6) is 0 Å². The minimum atomic E-state index is -0.305. The first-order valence-electron chi connectivity index (χ1n) is 7.00. The fraction of sp³-hybridized carbons (Fsp3) is 0.357. The number of amides is 1. The van der Waals surface area contributed by atoms with E-state index in [-0.39, 0.29) is 5.91 Å². The molecule has 2 aromatic heterocycles. The van der Waals surface area contributed by atoms with Gasteiger partial charge in [0, 0.05) is 37.5 Å². The van der Waals surface area contributed by atoms with E-state index in [0.29, 0.717) is 30.1 Å². The smallest absolute Gasteiger partial charge is 0.231 e. The Morgan fingerprint density at radius 3 is 2.77 bits per heavy atom. The van der Waals surface area contributed by atoms with Crippen LogP contribution in [0, 0.1) is 6.92 Å². The number of hydrogen-bond donors (Lipinski definition) is 2. The number of nitrogens with one attached hydrogen (secondary N) is 1. The molecular formula is C14H17N7O. The van der Waals surface area contributed by atoms with Crippen LogP contribution >= 0.6 is 0 Å². The summed E-state index contributed by atoms with van der Waals surface area (Å²) in [5, 5.41) is 3.07. The summed E-state index contributed by atoms with van der Waals surface area (Å²) in [4.78, 5) is 29.9. The van der Waals surface area contributed by atoms with Gasteiger partial charge in [-0.3, -0.25) is 9.69 Å². The molecule has 8 nitrogen and oxygen atoms in total. The predicted molar refractivity (Wildman–Crippen MR) is 80.5 cm³/mol. The Morgan fingerprint density at radius 1 is 1.36 bits per heavy atom. The number of carbonyl (C=O) groups is 1. The monoisotopic (exact) mass is 299 g/mol. The second-order valence-electron chi connectivity index (χ2n) is 5.28. The molecule has 1 amide bonds. The van der Waals surface area contributed by atoms with Crippen LogP contribution in [0.2, 0.25) is 0 Å². The summed E-state index contributed by atoms with van der Waals surface area (Å²) < 4.78 is 0. The molecule has 2 aromatic rings. The van der Waals surface area contributed by atoms with Gasteiger partial charge >= 0.3 is 0 Å². The molecule has 0 aromatic carbocycles. The maximum absolute atomic E-state index is 10.9. The van der Waals surface area contributed by atoms with Gasteiger partial charge in [0.15, 0.2) is 0 Å². The molecular weight excluding hydrogens is 282 g/mol. The Balaban J connectivity index is 1.70. The Kier molecular flexibility index (Phi) is 3.92. The van der Waals surface area contributed by atoms with E-state index in [2.05, 4.69) is 25.3 Å². The number of carbonyl (C=O) groups excluding carboxylic acids is 1. The van der Waals surface area contributed by atoms with Crippen LogP contribution in [0.1, 0.15) is 17.4 Å². The molecule has 114 valence electrons. The number of likely N-dealkylation sites (tertiary alicyclic amines) is 1. The number of aromatic nitrogens is 4. The summed E-state index contributed by atoms with van der Waals surface area (Å²) in [6.07, 6.45) is 3.33. The molecule has 3 N–H and O–H groups in total. The highest BCUT2D eigenvalue weighted by Crippen LogP contribution is 2.26. The number of nitrogens with zero attached hydrogens (tertiary/aromatic N) is 5. The van der Waals surface area contributed by atoms with E-state index < -0.39 is 0 Å². The van der Waals surface area contributed by atoms with Gasteiger partial charge in [-0.15, -0.1) is 0 Å². The normalized spacial score (nSPS) is 15.3. The Labute approximate surface area is 127 Å². The molecule has 0 spiro atoms. The average Bonchev–Trinajstić information content (AvgIpc) is 2.42. The highest BCUT2D eigenvalue weighted by Gasteiger charge is 2.30. The SMILES string of the molecule is Cc1nc(Nc2ncccn2)cc(C2CN(CC(N)=O)C2)n1. The highest BCUT2D eigenvalue weighted by molar-refractivity contribution is 5.76. The van der Waals surface area contributed by atoms with Gasteiger partial charge in [0.25, 0.3) is 0 Å². The number of rotatable bonds is 5. The van der Waals surface area contributed by atoms with Gasteiger partial charge in [0.2, 0.25) is 11.9 Å². The van der Waals surface area contributed by atoms with Crippen molar-refractivity contribution in [1.82, 2.24) is 24.8 Å². The van der Waals surface area contributed by atoms with Crippen molar-refractivity contribution < 1.29 is 4.79 Å². The molecule has 3 heterocycles. The van der Waals surface area contributed by atoms with E-state index in [1.807, 2.05) is 17.9 Å². The summed E-state index contributed by atoms with van der Waals surface area (Å²) in [6, 6.07) is 3.65. The van der Waals surface area contributed by atoms with Crippen LogP contribution in [0.4, 0.5) is 11.8 Å². The van der Waals surface area contributed by atoms with Crippen molar-refractivity contribution in [3.05, 3.63) is 36.0 Å². The molecule has 1 saturated heterocycles. The molecule has 1 aliphatic rings. The zero-order chi connectivity index (χ0) is 15.5. The number of anilines is 2. The van der Waals surface area contributed by atoms with Gasteiger partial charge in [-0.05, 0) is 13.0 Å². The van der Waals surface area contributed by atoms with Crippen molar-refractivity contribution >= 4 is 17.7 Å². The van der Waals surface area contributed by atoms with E-state index in [1.54, 1.807) is 18.5 Å². The van der Waals surface area contributed by atoms with Crippen molar-refractivity contribution in [1.29, 1.82) is 0 Å². The Morgan fingerprint density at radius 2 is 2.09 bits per heavy atom. The standard InChI is InChI=1S/C14H17N7O/c1-9-18-11(10-6-21(7-10)8-12(15)22)5-13(19-9)20-14-16-3-2-4-17-14/h2-5,10H,6-8H2,1H3,(H2,15,22)(H,16,17,18,19,20). The third kappa shape index (κ3) is 3.34. The quantitative estimate of drug-likeness (QED) is 0.811. The molecule has 8 heteroatoms. The first-order valence-corrected chi connectivity index (χ1v) is 7.00. The average molecular weight is 299 g/mol. The zero-order valence-corrected chi connectivity index (χ0v) is 12.2. The summed E-state index contributed by atoms with van der Waals surface area (Å²) in [6.45, 7) is 3.70. The minimum Gasteiger partial charge on any atom is -0.369 e. The molecule has 3 rings (SSSR count). The van der Waals surface area contributed by atoms with E-state index >= 15 is 0 Å². The van der Waals surface area contributed by atoms with E-state index in [1.165, 1.54) is 0 Å². The van der Waals surface area contributed by atoms with Crippen LogP contribution in [-0.2, 0) is 4.79 Å². The minimum absolute atomic E-state index is 0.290. The van der Waals surface area contributed by atoms with Gasteiger partial charge in [0.05, 0.1) is 12.2 Å². The van der Waals surface area contributed by atoms with Gasteiger partial charge in [-0.2, -0.15) is 0 Å². The summed E-state index contributed by atoms with van der Waals surface area (Å²) >= 11 is 0. The molecule has 22 heavy (non-hydrogen) atoms. The van der Waals surface area contributed by atoms with Crippen LogP contribution in [0.3, 0.4) is 0 Å². The molecule has 0 radical (unpaired) electrons. The van der Waals surface area contributed by atoms with Gasteiger partial charge < -0.3 is 11.1 Å². The van der Waals surface area contributed by atoms with Crippen LogP contribution < -0.4 is 11.1 Å². The number of hydrogen-bond acceptors (Lipinski definition) is 7. The molecule has 1 aliphatic heterocycles. The Bertz CT molecular complexity index is 670. The molecule has 0 saturated carbocycles. The van der Waals surface area contributed by atoms with E-state index in [4.69, 9.17) is 5.73 Å². The fourth-order valence-corrected chi connectivity index (χ4v) is 2.45. The van der Waals surface area contributed by atoms with Crippen LogP contribution in [-0.4, -0.2) is 50.4 Å². The van der Waals surface area contributed by atoms with Crippen LogP contribution in [0.25, 0.3) is 0 Å². The second kappa shape index (κ2) is 6.02. The van der Waals surface area contributed by atoms with E-state index in [0.717, 1.165) is 18.8 Å². The number of aryl methyl sites for hydroxylation is 1. The second-order valence-corrected chi connectivity index (χ2v) is 5.28. The highest BCUT2D eigenvalue weighted by atomic mass is 16.1. The maximum atomic E-state index is 10.9. The van der Waals surface area contributed by atoms with Crippen molar-refractivity contribution in [2.45, 2.75) is 12.8 Å². The van der Waals surface area contributed by atoms with Crippen molar-refractivity contribution in [2.75, 3.05) is 25.0 Å². The number of nitrogens with two attached hydrogens (primary N) is 1. The maximum Gasteiger partial charge on any atom is 0.231 e. The topological polar surface area (TPSA) is 110 Å². The Hall–Kier alpha value is -2.61. The van der Waals surface area contributed by atoms with Crippen LogP contribution in [0.15, 0.2) is 24.5 Å². The summed E-state index contributed by atoms with van der Waals surface area (Å²) in [5.41, 5.74) is 6.14.